The molecule has 116 valence electrons. The van der Waals surface area contributed by atoms with E-state index >= 15 is 0 Å². The van der Waals surface area contributed by atoms with Crippen molar-refractivity contribution in [3.05, 3.63) is 58.7 Å². The topological polar surface area (TPSA) is 87.4 Å². The molecule has 0 radical (unpaired) electrons. The lowest BCUT2D eigenvalue weighted by Crippen LogP contribution is -1.96. The third kappa shape index (κ3) is 2.73. The van der Waals surface area contributed by atoms with E-state index in [0.29, 0.717) is 5.39 Å². The highest BCUT2D eigenvalue weighted by Crippen LogP contribution is 2.36. The summed E-state index contributed by atoms with van der Waals surface area (Å²) in [6, 6.07) is 8.32. The molecular weight excluding hydrogens is 305 g/mol. The Bertz CT molecular complexity index is 901. The SMILES string of the molecule is COc1cc([N+](=O)[O-])ccc1Oc1ncnc2c(F)cccc12. The molecule has 1 heterocycles. The van der Waals surface area contributed by atoms with E-state index in [-0.39, 0.29) is 28.6 Å². The molecule has 0 saturated heterocycles. The van der Waals surface area contributed by atoms with Crippen LogP contribution in [0.4, 0.5) is 10.1 Å². The number of nitro benzene ring substituents is 1. The van der Waals surface area contributed by atoms with E-state index in [1.54, 1.807) is 6.07 Å². The zero-order valence-electron chi connectivity index (χ0n) is 11.9. The van der Waals surface area contributed by atoms with Crippen molar-refractivity contribution in [2.45, 2.75) is 0 Å². The van der Waals surface area contributed by atoms with Crippen LogP contribution in [-0.2, 0) is 0 Å². The average Bonchev–Trinajstić information content (AvgIpc) is 2.56. The summed E-state index contributed by atoms with van der Waals surface area (Å²) in [5.41, 5.74) is -0.00818. The van der Waals surface area contributed by atoms with Crippen molar-refractivity contribution < 1.29 is 18.8 Å². The van der Waals surface area contributed by atoms with Crippen LogP contribution in [0.1, 0.15) is 0 Å². The van der Waals surface area contributed by atoms with E-state index in [1.165, 1.54) is 43.8 Å². The first kappa shape index (κ1) is 14.6. The van der Waals surface area contributed by atoms with Gasteiger partial charge in [-0.05, 0) is 18.2 Å². The van der Waals surface area contributed by atoms with Gasteiger partial charge in [-0.15, -0.1) is 0 Å². The van der Waals surface area contributed by atoms with Crippen LogP contribution in [0.25, 0.3) is 10.9 Å². The summed E-state index contributed by atoms with van der Waals surface area (Å²) in [6.07, 6.45) is 1.18. The van der Waals surface area contributed by atoms with Crippen molar-refractivity contribution >= 4 is 16.6 Å². The van der Waals surface area contributed by atoms with Gasteiger partial charge in [0, 0.05) is 6.07 Å². The Kier molecular flexibility index (Phi) is 3.71. The molecule has 0 N–H and O–H groups in total. The van der Waals surface area contributed by atoms with Gasteiger partial charge in [-0.2, -0.15) is 0 Å². The number of ether oxygens (including phenoxy) is 2. The minimum atomic E-state index is -0.540. The predicted octanol–water partition coefficient (Wildman–Crippen LogP) is 3.48. The van der Waals surface area contributed by atoms with Crippen LogP contribution in [-0.4, -0.2) is 22.0 Å². The highest BCUT2D eigenvalue weighted by Gasteiger charge is 2.15. The summed E-state index contributed by atoms with van der Waals surface area (Å²) < 4.78 is 24.5. The fourth-order valence-corrected chi connectivity index (χ4v) is 2.07. The number of hydrogen-bond donors (Lipinski definition) is 0. The second-order valence-electron chi connectivity index (χ2n) is 4.51. The number of non-ortho nitro benzene ring substituents is 1. The Morgan fingerprint density at radius 3 is 2.74 bits per heavy atom. The number of halogens is 1. The smallest absolute Gasteiger partial charge is 0.273 e. The molecule has 0 amide bonds. The quantitative estimate of drug-likeness (QED) is 0.541. The first-order chi connectivity index (χ1) is 11.1. The summed E-state index contributed by atoms with van der Waals surface area (Å²) in [7, 11) is 1.36. The zero-order valence-corrected chi connectivity index (χ0v) is 11.9. The monoisotopic (exact) mass is 315 g/mol. The van der Waals surface area contributed by atoms with Crippen molar-refractivity contribution in [3.8, 4) is 17.4 Å². The van der Waals surface area contributed by atoms with Gasteiger partial charge in [0.1, 0.15) is 17.7 Å². The number of nitro groups is 1. The maximum Gasteiger partial charge on any atom is 0.273 e. The molecule has 8 heteroatoms. The Morgan fingerprint density at radius 1 is 1.17 bits per heavy atom. The Labute approximate surface area is 129 Å². The minimum Gasteiger partial charge on any atom is -0.493 e. The lowest BCUT2D eigenvalue weighted by atomic mass is 10.2. The number of nitrogens with zero attached hydrogens (tertiary/aromatic N) is 3. The second kappa shape index (κ2) is 5.84. The normalized spacial score (nSPS) is 10.5. The molecule has 0 saturated carbocycles. The maximum absolute atomic E-state index is 13.7. The van der Waals surface area contributed by atoms with Crippen LogP contribution in [0.5, 0.6) is 17.4 Å². The lowest BCUT2D eigenvalue weighted by molar-refractivity contribution is -0.384. The average molecular weight is 315 g/mol. The van der Waals surface area contributed by atoms with E-state index < -0.39 is 10.7 Å². The molecule has 0 atom stereocenters. The number of methoxy groups -OCH3 is 1. The number of hydrogen-bond acceptors (Lipinski definition) is 6. The fraction of sp³-hybridized carbons (Fsp3) is 0.0667. The summed E-state index contributed by atoms with van der Waals surface area (Å²) in [5, 5.41) is 11.2. The standard InChI is InChI=1S/C15H10FN3O4/c1-22-13-7-9(19(20)21)5-6-12(13)23-15-10-3-2-4-11(16)14(10)17-8-18-15/h2-8H,1H3. The third-order valence-electron chi connectivity index (χ3n) is 3.14. The van der Waals surface area contributed by atoms with Crippen molar-refractivity contribution in [2.24, 2.45) is 0 Å². The van der Waals surface area contributed by atoms with Gasteiger partial charge < -0.3 is 9.47 Å². The first-order valence-electron chi connectivity index (χ1n) is 6.49. The molecule has 2 aromatic carbocycles. The van der Waals surface area contributed by atoms with Crippen molar-refractivity contribution in [1.29, 1.82) is 0 Å². The van der Waals surface area contributed by atoms with E-state index in [9.17, 15) is 14.5 Å². The largest absolute Gasteiger partial charge is 0.493 e. The number of rotatable bonds is 4. The molecule has 23 heavy (non-hydrogen) atoms. The fourth-order valence-electron chi connectivity index (χ4n) is 2.07. The molecule has 0 unspecified atom stereocenters. The summed E-state index contributed by atoms with van der Waals surface area (Å²) in [6.45, 7) is 0. The van der Waals surface area contributed by atoms with Gasteiger partial charge in [0.15, 0.2) is 11.5 Å². The summed E-state index contributed by atoms with van der Waals surface area (Å²) >= 11 is 0. The number of para-hydroxylation sites is 1. The molecule has 0 bridgehead atoms. The Morgan fingerprint density at radius 2 is 2.00 bits per heavy atom. The maximum atomic E-state index is 13.7. The van der Waals surface area contributed by atoms with Crippen molar-refractivity contribution in [1.82, 2.24) is 9.97 Å². The molecular formula is C15H10FN3O4. The van der Waals surface area contributed by atoms with E-state index in [0.717, 1.165) is 0 Å². The Balaban J connectivity index is 2.06. The van der Waals surface area contributed by atoms with Crippen LogP contribution < -0.4 is 9.47 Å². The molecule has 1 aromatic heterocycles. The Hall–Kier alpha value is -3.29. The number of benzene rings is 2. The van der Waals surface area contributed by atoms with Crippen LogP contribution in [0.15, 0.2) is 42.7 Å². The lowest BCUT2D eigenvalue weighted by Gasteiger charge is -2.10. The van der Waals surface area contributed by atoms with Gasteiger partial charge in [0.25, 0.3) is 5.69 Å². The first-order valence-corrected chi connectivity index (χ1v) is 6.49. The predicted molar refractivity (Wildman–Crippen MR) is 79.2 cm³/mol. The van der Waals surface area contributed by atoms with Gasteiger partial charge >= 0.3 is 0 Å². The minimum absolute atomic E-state index is 0.123. The molecule has 0 spiro atoms. The van der Waals surface area contributed by atoms with Gasteiger partial charge in [-0.25, -0.2) is 14.4 Å². The van der Waals surface area contributed by atoms with E-state index in [1.807, 2.05) is 0 Å². The molecule has 0 aliphatic rings. The summed E-state index contributed by atoms with van der Waals surface area (Å²) in [5.74, 6) is 0.0248. The van der Waals surface area contributed by atoms with Crippen molar-refractivity contribution in [2.75, 3.05) is 7.11 Å². The third-order valence-corrected chi connectivity index (χ3v) is 3.14. The van der Waals surface area contributed by atoms with Crippen LogP contribution in [0, 0.1) is 15.9 Å². The van der Waals surface area contributed by atoms with Gasteiger partial charge in [0.05, 0.1) is 23.5 Å². The van der Waals surface area contributed by atoms with Crippen LogP contribution in [0.3, 0.4) is 0 Å². The molecule has 0 aliphatic carbocycles. The molecule has 3 aromatic rings. The number of aromatic nitrogens is 2. The van der Waals surface area contributed by atoms with Crippen molar-refractivity contribution in [3.63, 3.8) is 0 Å². The van der Waals surface area contributed by atoms with Gasteiger partial charge in [-0.1, -0.05) is 6.07 Å². The molecule has 0 aliphatic heterocycles. The van der Waals surface area contributed by atoms with Crippen LogP contribution in [0.2, 0.25) is 0 Å². The molecule has 3 rings (SSSR count). The van der Waals surface area contributed by atoms with Gasteiger partial charge in [-0.3, -0.25) is 10.1 Å². The number of fused-ring (bicyclic) bond motifs is 1. The molecule has 0 fully saturated rings. The highest BCUT2D eigenvalue weighted by atomic mass is 19.1. The second-order valence-corrected chi connectivity index (χ2v) is 4.51. The molecule has 7 nitrogen and oxygen atoms in total. The summed E-state index contributed by atoms with van der Waals surface area (Å²) in [4.78, 5) is 18.1. The highest BCUT2D eigenvalue weighted by molar-refractivity contribution is 5.83. The van der Waals surface area contributed by atoms with Crippen LogP contribution >= 0.6 is 0 Å². The van der Waals surface area contributed by atoms with Gasteiger partial charge in [0.2, 0.25) is 5.88 Å². The zero-order chi connectivity index (χ0) is 16.4. The van der Waals surface area contributed by atoms with E-state index in [4.69, 9.17) is 9.47 Å². The van der Waals surface area contributed by atoms with E-state index in [2.05, 4.69) is 9.97 Å².